The summed E-state index contributed by atoms with van der Waals surface area (Å²) in [5.41, 5.74) is 5.17. The minimum atomic E-state index is -3.61. The van der Waals surface area contributed by atoms with E-state index in [4.69, 9.17) is 4.98 Å². The monoisotopic (exact) mass is 458 g/mol. The van der Waals surface area contributed by atoms with Crippen molar-refractivity contribution in [3.8, 4) is 17.3 Å². The van der Waals surface area contributed by atoms with Gasteiger partial charge in [0.1, 0.15) is 6.07 Å². The molecule has 2 atom stereocenters. The van der Waals surface area contributed by atoms with Crippen LogP contribution in [0, 0.1) is 30.1 Å². The molecule has 0 aliphatic carbocycles. The second-order valence-corrected chi connectivity index (χ2v) is 11.2. The topological polar surface area (TPSA) is 78.5 Å². The van der Waals surface area contributed by atoms with Crippen LogP contribution in [-0.2, 0) is 10.0 Å². The van der Waals surface area contributed by atoms with Crippen LogP contribution in [0.25, 0.3) is 27.9 Å². The van der Waals surface area contributed by atoms with E-state index in [0.717, 1.165) is 34.3 Å². The summed E-state index contributed by atoms with van der Waals surface area (Å²) >= 11 is 0. The van der Waals surface area contributed by atoms with Crippen molar-refractivity contribution in [2.24, 2.45) is 11.8 Å². The maximum Gasteiger partial charge on any atom is 0.243 e. The molecule has 0 N–H and O–H groups in total. The second kappa shape index (κ2) is 7.98. The number of rotatable bonds is 3. The lowest BCUT2D eigenvalue weighted by molar-refractivity contribution is 0.222. The molecule has 0 unspecified atom stereocenters. The molecule has 0 radical (unpaired) electrons. The lowest BCUT2D eigenvalue weighted by Crippen LogP contribution is -2.42. The standard InChI is InChI=1S/C26H26N4O2S/c1-17-11-18(2)16-29(15-17)33(31,32)21-8-6-7-20(13-21)25-12-19(3)22(14-27)26-28-23-9-4-5-10-24(23)30(25)26/h4-10,12-13,17-18H,11,15-16H2,1-3H3/t17-,18-/m1/s1. The zero-order valence-electron chi connectivity index (χ0n) is 19.0. The molecule has 1 aliphatic heterocycles. The lowest BCUT2D eigenvalue weighted by Gasteiger charge is -2.34. The van der Waals surface area contributed by atoms with E-state index < -0.39 is 10.0 Å². The predicted octanol–water partition coefficient (Wildman–Crippen LogP) is 5.00. The van der Waals surface area contributed by atoms with Gasteiger partial charge in [0.15, 0.2) is 5.65 Å². The van der Waals surface area contributed by atoms with Gasteiger partial charge in [-0.3, -0.25) is 4.40 Å². The van der Waals surface area contributed by atoms with Gasteiger partial charge in [0.2, 0.25) is 10.0 Å². The molecule has 7 heteroatoms. The number of pyridine rings is 1. The Morgan fingerprint density at radius 3 is 2.48 bits per heavy atom. The smallest absolute Gasteiger partial charge is 0.243 e. The van der Waals surface area contributed by atoms with Crippen molar-refractivity contribution in [1.82, 2.24) is 13.7 Å². The Morgan fingerprint density at radius 2 is 1.76 bits per heavy atom. The van der Waals surface area contributed by atoms with E-state index in [1.807, 2.05) is 47.7 Å². The van der Waals surface area contributed by atoms with E-state index >= 15 is 0 Å². The van der Waals surface area contributed by atoms with Gasteiger partial charge in [-0.2, -0.15) is 9.57 Å². The summed E-state index contributed by atoms with van der Waals surface area (Å²) in [5.74, 6) is 0.676. The number of hydrogen-bond donors (Lipinski definition) is 0. The summed E-state index contributed by atoms with van der Waals surface area (Å²) in [4.78, 5) is 5.00. The van der Waals surface area contributed by atoms with Gasteiger partial charge in [-0.15, -0.1) is 0 Å². The Labute approximate surface area is 194 Å². The Bertz CT molecular complexity index is 1520. The number of imidazole rings is 1. The fraction of sp³-hybridized carbons (Fsp3) is 0.308. The third kappa shape index (κ3) is 3.60. The largest absolute Gasteiger partial charge is 0.291 e. The number of aryl methyl sites for hydroxylation is 1. The molecule has 168 valence electrons. The highest BCUT2D eigenvalue weighted by Crippen LogP contribution is 2.32. The van der Waals surface area contributed by atoms with Crippen molar-refractivity contribution in [1.29, 1.82) is 5.26 Å². The molecule has 2 aromatic carbocycles. The third-order valence-corrected chi connectivity index (χ3v) is 8.32. The van der Waals surface area contributed by atoms with Gasteiger partial charge in [-0.05, 0) is 66.6 Å². The van der Waals surface area contributed by atoms with Crippen LogP contribution in [-0.4, -0.2) is 35.2 Å². The van der Waals surface area contributed by atoms with Crippen molar-refractivity contribution < 1.29 is 8.42 Å². The van der Waals surface area contributed by atoms with Gasteiger partial charge in [0.05, 0.1) is 27.2 Å². The minimum absolute atomic E-state index is 0.292. The van der Waals surface area contributed by atoms with Gasteiger partial charge in [-0.1, -0.05) is 38.1 Å². The fourth-order valence-electron chi connectivity index (χ4n) is 5.07. The van der Waals surface area contributed by atoms with Gasteiger partial charge in [0.25, 0.3) is 0 Å². The van der Waals surface area contributed by atoms with Crippen LogP contribution in [0.5, 0.6) is 0 Å². The van der Waals surface area contributed by atoms with Crippen LogP contribution < -0.4 is 0 Å². The summed E-state index contributed by atoms with van der Waals surface area (Å²) in [7, 11) is -3.61. The molecular formula is C26H26N4O2S. The van der Waals surface area contributed by atoms with Gasteiger partial charge < -0.3 is 0 Å². The van der Waals surface area contributed by atoms with E-state index in [-0.39, 0.29) is 0 Å². The van der Waals surface area contributed by atoms with E-state index in [2.05, 4.69) is 19.9 Å². The van der Waals surface area contributed by atoms with Crippen molar-refractivity contribution >= 4 is 26.7 Å². The molecule has 4 aromatic rings. The van der Waals surface area contributed by atoms with Crippen molar-refractivity contribution in [2.75, 3.05) is 13.1 Å². The zero-order valence-corrected chi connectivity index (χ0v) is 19.8. The van der Waals surface area contributed by atoms with E-state index in [1.54, 1.807) is 22.5 Å². The quantitative estimate of drug-likeness (QED) is 0.433. The molecule has 33 heavy (non-hydrogen) atoms. The zero-order chi connectivity index (χ0) is 23.3. The van der Waals surface area contributed by atoms with Gasteiger partial charge in [0, 0.05) is 13.1 Å². The molecule has 0 spiro atoms. The maximum absolute atomic E-state index is 13.5. The van der Waals surface area contributed by atoms with Crippen LogP contribution in [0.1, 0.15) is 31.4 Å². The number of para-hydroxylation sites is 2. The highest BCUT2D eigenvalue weighted by Gasteiger charge is 2.32. The molecule has 0 saturated carbocycles. The molecule has 0 bridgehead atoms. The molecule has 1 saturated heterocycles. The number of nitriles is 1. The Balaban J connectivity index is 1.70. The first-order valence-electron chi connectivity index (χ1n) is 11.2. The molecular weight excluding hydrogens is 432 g/mol. The van der Waals surface area contributed by atoms with E-state index in [0.29, 0.717) is 41.0 Å². The number of benzene rings is 2. The number of fused-ring (bicyclic) bond motifs is 3. The molecule has 5 rings (SSSR count). The predicted molar refractivity (Wildman–Crippen MR) is 129 cm³/mol. The highest BCUT2D eigenvalue weighted by atomic mass is 32.2. The first-order chi connectivity index (χ1) is 15.8. The van der Waals surface area contributed by atoms with Gasteiger partial charge in [-0.25, -0.2) is 13.4 Å². The molecule has 0 amide bonds. The maximum atomic E-state index is 13.5. The van der Waals surface area contributed by atoms with E-state index in [1.165, 1.54) is 0 Å². The molecule has 2 aromatic heterocycles. The summed E-state index contributed by atoms with van der Waals surface area (Å²) in [6.07, 6.45) is 1.04. The highest BCUT2D eigenvalue weighted by molar-refractivity contribution is 7.89. The van der Waals surface area contributed by atoms with E-state index in [9.17, 15) is 13.7 Å². The molecule has 1 aliphatic rings. The van der Waals surface area contributed by atoms with Crippen molar-refractivity contribution in [3.63, 3.8) is 0 Å². The average molecular weight is 459 g/mol. The average Bonchev–Trinajstić information content (AvgIpc) is 3.17. The first-order valence-corrected chi connectivity index (χ1v) is 12.6. The Hall–Kier alpha value is -3.21. The van der Waals surface area contributed by atoms with Crippen LogP contribution in [0.4, 0.5) is 0 Å². The molecule has 1 fully saturated rings. The summed E-state index contributed by atoms with van der Waals surface area (Å²) < 4.78 is 30.6. The van der Waals surface area contributed by atoms with Crippen molar-refractivity contribution in [3.05, 3.63) is 65.7 Å². The summed E-state index contributed by atoms with van der Waals surface area (Å²) in [6, 6.07) is 19.1. The third-order valence-electron chi connectivity index (χ3n) is 6.49. The van der Waals surface area contributed by atoms with Crippen LogP contribution >= 0.6 is 0 Å². The lowest BCUT2D eigenvalue weighted by atomic mass is 9.94. The number of hydrogen-bond acceptors (Lipinski definition) is 4. The normalized spacial score (nSPS) is 19.7. The summed E-state index contributed by atoms with van der Waals surface area (Å²) in [6.45, 7) is 7.19. The van der Waals surface area contributed by atoms with Crippen LogP contribution in [0.2, 0.25) is 0 Å². The molecule has 6 nitrogen and oxygen atoms in total. The van der Waals surface area contributed by atoms with Gasteiger partial charge >= 0.3 is 0 Å². The summed E-state index contributed by atoms with van der Waals surface area (Å²) in [5, 5.41) is 9.75. The SMILES string of the molecule is Cc1cc(-c2cccc(S(=O)(=O)N3C[C@H](C)C[C@@H](C)C3)c2)n2c(nc3ccccc32)c1C#N. The first kappa shape index (κ1) is 21.6. The Morgan fingerprint density at radius 1 is 1.03 bits per heavy atom. The number of piperidine rings is 1. The second-order valence-electron chi connectivity index (χ2n) is 9.25. The van der Waals surface area contributed by atoms with Crippen LogP contribution in [0.15, 0.2) is 59.5 Å². The van der Waals surface area contributed by atoms with Crippen LogP contribution in [0.3, 0.4) is 0 Å². The fourth-order valence-corrected chi connectivity index (χ4v) is 6.80. The number of sulfonamides is 1. The number of nitrogens with zero attached hydrogens (tertiary/aromatic N) is 4. The minimum Gasteiger partial charge on any atom is -0.291 e. The number of aromatic nitrogens is 2. The van der Waals surface area contributed by atoms with Crippen molar-refractivity contribution in [2.45, 2.75) is 32.1 Å². The Kier molecular flexibility index (Phi) is 5.23. The molecule has 3 heterocycles.